The van der Waals surface area contributed by atoms with Crippen LogP contribution in [0.5, 0.6) is 0 Å². The number of hydrogen-bond donors (Lipinski definition) is 3. The normalized spacial score (nSPS) is 16.5. The fraction of sp³-hybridized carbons (Fsp3) is 0.568. The monoisotopic (exact) mass is 880 g/mol. The third kappa shape index (κ3) is 8.71. The maximum atomic E-state index is 5.35. The zero-order chi connectivity index (χ0) is 41.0. The molecule has 9 rings (SSSR count). The topological polar surface area (TPSA) is 161 Å². The second-order valence-corrected chi connectivity index (χ2v) is 20.5. The van der Waals surface area contributed by atoms with Crippen LogP contribution in [0.2, 0.25) is 0 Å². The molecule has 7 aromatic heterocycles. The summed E-state index contributed by atoms with van der Waals surface area (Å²) in [4.78, 5) is 59.1. The summed E-state index contributed by atoms with van der Waals surface area (Å²) in [7, 11) is 0. The lowest BCUT2D eigenvalue weighted by atomic mass is 10.2. The van der Waals surface area contributed by atoms with Crippen molar-refractivity contribution in [3.63, 3.8) is 0 Å². The minimum Gasteiger partial charge on any atom is -0.322 e. The van der Waals surface area contributed by atoms with E-state index in [1.807, 2.05) is 0 Å². The van der Waals surface area contributed by atoms with Gasteiger partial charge in [-0.1, -0.05) is 105 Å². The number of aryl methyl sites for hydroxylation is 4. The summed E-state index contributed by atoms with van der Waals surface area (Å²) < 4.78 is 2.98. The summed E-state index contributed by atoms with van der Waals surface area (Å²) in [5.41, 5.74) is 6.14. The van der Waals surface area contributed by atoms with E-state index in [0.29, 0.717) is 28.1 Å². The molecule has 0 fully saturated rings. The van der Waals surface area contributed by atoms with E-state index in [4.69, 9.17) is 44.9 Å². The van der Waals surface area contributed by atoms with E-state index in [-0.39, 0.29) is 0 Å². The van der Waals surface area contributed by atoms with E-state index in [1.165, 1.54) is 77.0 Å². The van der Waals surface area contributed by atoms with Gasteiger partial charge in [-0.15, -0.1) is 45.3 Å². The SMILES string of the molecule is CCCCCCc1nc2c(s1)C1N=C2N=c2[nH]/c(c3nc(CCCCCC)sc23)=N\c2[nH]c(c3nc(CCCCCC)sc23)/N=c2\[nH]/c(c3nc(CCCCCC)sc23)=N\1. The van der Waals surface area contributed by atoms with Gasteiger partial charge in [-0.05, 0) is 51.4 Å². The third-order valence-electron chi connectivity index (χ3n) is 11.3. The van der Waals surface area contributed by atoms with Crippen molar-refractivity contribution >= 4 is 93.5 Å². The Balaban J connectivity index is 1.25. The van der Waals surface area contributed by atoms with E-state index in [2.05, 4.69) is 42.6 Å². The Bertz CT molecular complexity index is 2880. The Labute approximate surface area is 366 Å². The quantitative estimate of drug-likeness (QED) is 0.0650. The number of fused-ring (bicyclic) bond motifs is 19. The Morgan fingerprint density at radius 1 is 0.417 bits per heavy atom. The van der Waals surface area contributed by atoms with Gasteiger partial charge in [0.15, 0.2) is 45.6 Å². The first-order chi connectivity index (χ1) is 29.5. The fourth-order valence-electron chi connectivity index (χ4n) is 8.04. The summed E-state index contributed by atoms with van der Waals surface area (Å²) in [5, 5.41) is 4.44. The Hall–Kier alpha value is -3.99. The molecule has 0 saturated heterocycles. The molecule has 3 N–H and O–H groups in total. The molecule has 16 heteroatoms. The average molecular weight is 881 g/mol. The number of thiazole rings is 4. The molecule has 12 nitrogen and oxygen atoms in total. The lowest BCUT2D eigenvalue weighted by Gasteiger charge is -1.99. The highest BCUT2D eigenvalue weighted by molar-refractivity contribution is 7.19. The first-order valence-corrected chi connectivity index (χ1v) is 25.8. The van der Waals surface area contributed by atoms with Crippen LogP contribution in [0.3, 0.4) is 0 Å². The molecule has 2 aliphatic heterocycles. The maximum Gasteiger partial charge on any atom is 0.181 e. The number of aromatic nitrogens is 7. The molecule has 1 unspecified atom stereocenters. The highest BCUT2D eigenvalue weighted by Gasteiger charge is 2.31. The molecule has 0 amide bonds. The fourth-order valence-corrected chi connectivity index (χ4v) is 12.3. The Morgan fingerprint density at radius 3 is 1.48 bits per heavy atom. The van der Waals surface area contributed by atoms with Gasteiger partial charge in [0.1, 0.15) is 36.3 Å². The standard InChI is InChI=1S/C44H56N12S4/c1-5-9-13-17-21-25-45-29-33(57-25)41-49-37(29)53-42-34-31(47-27(58-34)23-19-15-11-7-3)39(51-42)55-44-36-32(48-28(60-36)24-20-16-12-8-4)40(52-44)56-43-35-30(38(50-43)54-41)46-26(59-35)22-18-14-10-6-2/h41,52H,5-24H2,1-4H3,(H,50,54,56)(H,49,51,53,55). The van der Waals surface area contributed by atoms with Crippen molar-refractivity contribution in [2.24, 2.45) is 25.0 Å². The number of H-pyrrole nitrogens is 3. The van der Waals surface area contributed by atoms with Gasteiger partial charge < -0.3 is 15.0 Å². The lowest BCUT2D eigenvalue weighted by Crippen LogP contribution is -2.14. The average Bonchev–Trinajstić information content (AvgIpc) is 4.11. The Morgan fingerprint density at radius 2 is 0.900 bits per heavy atom. The predicted molar refractivity (Wildman–Crippen MR) is 249 cm³/mol. The van der Waals surface area contributed by atoms with Crippen LogP contribution in [-0.4, -0.2) is 40.7 Å². The number of amidine groups is 1. The van der Waals surface area contributed by atoms with Crippen LogP contribution in [0.15, 0.2) is 25.0 Å². The summed E-state index contributed by atoms with van der Waals surface area (Å²) in [6.45, 7) is 9.00. The molecule has 9 heterocycles. The largest absolute Gasteiger partial charge is 0.322 e. The van der Waals surface area contributed by atoms with Gasteiger partial charge in [0.05, 0.1) is 24.9 Å². The zero-order valence-corrected chi connectivity index (χ0v) is 38.6. The highest BCUT2D eigenvalue weighted by Crippen LogP contribution is 2.39. The van der Waals surface area contributed by atoms with E-state index in [9.17, 15) is 0 Å². The van der Waals surface area contributed by atoms with Crippen molar-refractivity contribution < 1.29 is 0 Å². The van der Waals surface area contributed by atoms with Gasteiger partial charge in [0.2, 0.25) is 0 Å². The molecular weight excluding hydrogens is 825 g/mol. The lowest BCUT2D eigenvalue weighted by molar-refractivity contribution is 0.665. The van der Waals surface area contributed by atoms with Crippen molar-refractivity contribution in [2.75, 3.05) is 0 Å². The minimum atomic E-state index is -0.499. The summed E-state index contributed by atoms with van der Waals surface area (Å²) >= 11 is 6.85. The third-order valence-corrected chi connectivity index (χ3v) is 15.8. The summed E-state index contributed by atoms with van der Waals surface area (Å²) in [6.07, 6.45) is 22.3. The van der Waals surface area contributed by atoms with Crippen LogP contribution >= 0.6 is 45.3 Å². The summed E-state index contributed by atoms with van der Waals surface area (Å²) in [5.74, 6) is 2.00. The number of nitrogens with zero attached hydrogens (tertiary/aromatic N) is 9. The van der Waals surface area contributed by atoms with E-state index < -0.39 is 6.17 Å². The second kappa shape index (κ2) is 19.0. The molecule has 1 atom stereocenters. The van der Waals surface area contributed by atoms with E-state index in [0.717, 1.165) is 124 Å². The number of aromatic amines is 3. The molecular formula is C44H56N12S4. The van der Waals surface area contributed by atoms with Crippen LogP contribution in [0.4, 0.5) is 11.6 Å². The first-order valence-electron chi connectivity index (χ1n) is 22.5. The molecule has 0 aromatic carbocycles. The first kappa shape index (κ1) is 41.4. The molecule has 0 spiro atoms. The van der Waals surface area contributed by atoms with Gasteiger partial charge in [0.25, 0.3) is 0 Å². The summed E-state index contributed by atoms with van der Waals surface area (Å²) in [6, 6.07) is 0. The molecule has 2 aliphatic rings. The van der Waals surface area contributed by atoms with Crippen molar-refractivity contribution in [3.8, 4) is 0 Å². The van der Waals surface area contributed by atoms with E-state index in [1.54, 1.807) is 45.3 Å². The molecule has 316 valence electrons. The van der Waals surface area contributed by atoms with Crippen LogP contribution in [-0.2, 0) is 25.7 Å². The molecule has 60 heavy (non-hydrogen) atoms. The number of hydrogen-bond acceptors (Lipinski definition) is 13. The van der Waals surface area contributed by atoms with Crippen LogP contribution in [0, 0.1) is 0 Å². The Kier molecular flexibility index (Phi) is 13.1. The van der Waals surface area contributed by atoms with Crippen molar-refractivity contribution in [3.05, 3.63) is 52.6 Å². The number of unbranched alkanes of at least 4 members (excludes halogenated alkanes) is 12. The zero-order valence-electron chi connectivity index (χ0n) is 35.4. The molecule has 0 saturated carbocycles. The molecule has 0 aliphatic carbocycles. The van der Waals surface area contributed by atoms with Crippen LogP contribution < -0.4 is 22.0 Å². The van der Waals surface area contributed by atoms with Gasteiger partial charge in [-0.3, -0.25) is 0 Å². The molecule has 7 aromatic rings. The van der Waals surface area contributed by atoms with Gasteiger partial charge in [-0.25, -0.2) is 44.9 Å². The molecule has 0 radical (unpaired) electrons. The van der Waals surface area contributed by atoms with Gasteiger partial charge in [0, 0.05) is 0 Å². The predicted octanol–water partition coefficient (Wildman–Crippen LogP) is 11.1. The van der Waals surface area contributed by atoms with Crippen molar-refractivity contribution in [2.45, 2.75) is 162 Å². The van der Waals surface area contributed by atoms with Gasteiger partial charge >= 0.3 is 0 Å². The van der Waals surface area contributed by atoms with E-state index >= 15 is 0 Å². The highest BCUT2D eigenvalue weighted by atomic mass is 32.1. The number of aliphatic imine (C=N–C) groups is 1. The minimum absolute atomic E-state index is 0.499. The number of rotatable bonds is 20. The van der Waals surface area contributed by atoms with Crippen molar-refractivity contribution in [1.82, 2.24) is 34.9 Å². The number of nitrogens with one attached hydrogen (secondary N) is 3. The smallest absolute Gasteiger partial charge is 0.181 e. The molecule has 8 bridgehead atoms. The van der Waals surface area contributed by atoms with Crippen molar-refractivity contribution in [1.29, 1.82) is 0 Å². The van der Waals surface area contributed by atoms with Crippen LogP contribution in [0.25, 0.3) is 30.6 Å². The maximum absolute atomic E-state index is 5.35. The van der Waals surface area contributed by atoms with Crippen LogP contribution in [0.1, 0.15) is 167 Å². The second-order valence-electron chi connectivity index (χ2n) is 16.2. The van der Waals surface area contributed by atoms with Gasteiger partial charge in [-0.2, -0.15) is 0 Å².